The molecule has 0 bridgehead atoms. The molecule has 1 unspecified atom stereocenters. The number of likely N-dealkylation sites (tertiary alicyclic amines) is 1. The SMILES string of the molecule is CCN1CCCCC1Cc1ncc(C(=O)O)o1. The number of likely N-dealkylation sites (N-methyl/N-ethyl adjacent to an activating group) is 1. The van der Waals surface area contributed by atoms with Gasteiger partial charge in [0.15, 0.2) is 5.89 Å². The predicted octanol–water partition coefficient (Wildman–Crippen LogP) is 1.79. The van der Waals surface area contributed by atoms with Crippen molar-refractivity contribution in [1.82, 2.24) is 9.88 Å². The van der Waals surface area contributed by atoms with E-state index in [2.05, 4.69) is 16.8 Å². The number of carbonyl (C=O) groups is 1. The summed E-state index contributed by atoms with van der Waals surface area (Å²) in [4.78, 5) is 17.1. The van der Waals surface area contributed by atoms with E-state index in [1.54, 1.807) is 0 Å². The van der Waals surface area contributed by atoms with Crippen LogP contribution < -0.4 is 0 Å². The molecule has 17 heavy (non-hydrogen) atoms. The molecule has 0 radical (unpaired) electrons. The molecule has 0 spiro atoms. The van der Waals surface area contributed by atoms with Crippen molar-refractivity contribution in [2.24, 2.45) is 0 Å². The highest BCUT2D eigenvalue weighted by atomic mass is 16.4. The molecule has 1 aromatic heterocycles. The van der Waals surface area contributed by atoms with Crippen LogP contribution in [0.15, 0.2) is 10.6 Å². The normalized spacial score (nSPS) is 21.6. The van der Waals surface area contributed by atoms with Crippen LogP contribution in [0.4, 0.5) is 0 Å². The van der Waals surface area contributed by atoms with E-state index < -0.39 is 5.97 Å². The average Bonchev–Trinajstić information content (AvgIpc) is 2.78. The van der Waals surface area contributed by atoms with Gasteiger partial charge in [-0.25, -0.2) is 9.78 Å². The first-order valence-electron chi connectivity index (χ1n) is 6.12. The van der Waals surface area contributed by atoms with Gasteiger partial charge < -0.3 is 14.4 Å². The number of aromatic carboxylic acids is 1. The summed E-state index contributed by atoms with van der Waals surface area (Å²) >= 11 is 0. The van der Waals surface area contributed by atoms with Crippen molar-refractivity contribution >= 4 is 5.97 Å². The van der Waals surface area contributed by atoms with Crippen molar-refractivity contribution in [1.29, 1.82) is 0 Å². The summed E-state index contributed by atoms with van der Waals surface area (Å²) < 4.78 is 5.20. The van der Waals surface area contributed by atoms with Gasteiger partial charge in [-0.2, -0.15) is 0 Å². The van der Waals surface area contributed by atoms with Crippen LogP contribution >= 0.6 is 0 Å². The minimum absolute atomic E-state index is 0.0705. The second-order valence-corrected chi connectivity index (χ2v) is 4.41. The number of rotatable bonds is 4. The van der Waals surface area contributed by atoms with Crippen LogP contribution in [0, 0.1) is 0 Å². The lowest BCUT2D eigenvalue weighted by Crippen LogP contribution is -2.40. The van der Waals surface area contributed by atoms with Gasteiger partial charge in [0.05, 0.1) is 6.20 Å². The second kappa shape index (κ2) is 5.31. The molecule has 2 rings (SSSR count). The summed E-state index contributed by atoms with van der Waals surface area (Å²) in [6, 6.07) is 0.439. The lowest BCUT2D eigenvalue weighted by molar-refractivity contribution is 0.0658. The summed E-state index contributed by atoms with van der Waals surface area (Å²) in [7, 11) is 0. The van der Waals surface area contributed by atoms with Gasteiger partial charge in [-0.3, -0.25) is 0 Å². The Labute approximate surface area is 100 Å². The lowest BCUT2D eigenvalue weighted by atomic mass is 9.99. The molecule has 94 valence electrons. The van der Waals surface area contributed by atoms with E-state index in [-0.39, 0.29) is 5.76 Å². The van der Waals surface area contributed by atoms with Crippen LogP contribution in [-0.2, 0) is 6.42 Å². The molecular weight excluding hydrogens is 220 g/mol. The number of hydrogen-bond acceptors (Lipinski definition) is 4. The highest BCUT2D eigenvalue weighted by Crippen LogP contribution is 2.20. The van der Waals surface area contributed by atoms with Crippen LogP contribution in [0.25, 0.3) is 0 Å². The molecule has 1 atom stereocenters. The van der Waals surface area contributed by atoms with Crippen LogP contribution in [0.3, 0.4) is 0 Å². The van der Waals surface area contributed by atoms with Crippen molar-refractivity contribution in [2.75, 3.05) is 13.1 Å². The Morgan fingerprint density at radius 2 is 2.47 bits per heavy atom. The third-order valence-electron chi connectivity index (χ3n) is 3.33. The summed E-state index contributed by atoms with van der Waals surface area (Å²) in [5, 5.41) is 8.76. The minimum Gasteiger partial charge on any atom is -0.475 e. The first-order chi connectivity index (χ1) is 8.20. The fourth-order valence-electron chi connectivity index (χ4n) is 2.41. The average molecular weight is 238 g/mol. The summed E-state index contributed by atoms with van der Waals surface area (Å²) in [5.41, 5.74) is 0. The van der Waals surface area contributed by atoms with E-state index in [9.17, 15) is 4.79 Å². The zero-order valence-corrected chi connectivity index (χ0v) is 10.1. The molecule has 5 heteroatoms. The Morgan fingerprint density at radius 3 is 3.12 bits per heavy atom. The quantitative estimate of drug-likeness (QED) is 0.866. The molecule has 0 aliphatic carbocycles. The Hall–Kier alpha value is -1.36. The molecule has 1 N–H and O–H groups in total. The molecule has 1 aromatic rings. The zero-order chi connectivity index (χ0) is 12.3. The maximum absolute atomic E-state index is 10.7. The topological polar surface area (TPSA) is 66.6 Å². The van der Waals surface area contributed by atoms with Crippen molar-refractivity contribution in [3.8, 4) is 0 Å². The van der Waals surface area contributed by atoms with Crippen LogP contribution in [-0.4, -0.2) is 40.1 Å². The van der Waals surface area contributed by atoms with Crippen molar-refractivity contribution in [2.45, 2.75) is 38.6 Å². The van der Waals surface area contributed by atoms with E-state index in [0.29, 0.717) is 18.4 Å². The molecular formula is C12H18N2O3. The number of carboxylic acid groups (broad SMARTS) is 1. The van der Waals surface area contributed by atoms with Gasteiger partial charge in [-0.1, -0.05) is 13.3 Å². The Balaban J connectivity index is 2.00. The minimum atomic E-state index is -1.06. The number of aromatic nitrogens is 1. The fraction of sp³-hybridized carbons (Fsp3) is 0.667. The number of hydrogen-bond donors (Lipinski definition) is 1. The zero-order valence-electron chi connectivity index (χ0n) is 10.1. The monoisotopic (exact) mass is 238 g/mol. The van der Waals surface area contributed by atoms with E-state index >= 15 is 0 Å². The van der Waals surface area contributed by atoms with E-state index in [1.807, 2.05) is 0 Å². The maximum Gasteiger partial charge on any atom is 0.373 e. The molecule has 5 nitrogen and oxygen atoms in total. The van der Waals surface area contributed by atoms with E-state index in [4.69, 9.17) is 9.52 Å². The molecule has 0 aromatic carbocycles. The summed E-state index contributed by atoms with van der Waals surface area (Å²) in [5.74, 6) is -0.591. The van der Waals surface area contributed by atoms with Gasteiger partial charge in [0.1, 0.15) is 0 Å². The second-order valence-electron chi connectivity index (χ2n) is 4.41. The Morgan fingerprint density at radius 1 is 1.65 bits per heavy atom. The van der Waals surface area contributed by atoms with Crippen molar-refractivity contribution in [3.05, 3.63) is 17.8 Å². The summed E-state index contributed by atoms with van der Waals surface area (Å²) in [6.07, 6.45) is 5.61. The molecule has 1 aliphatic heterocycles. The lowest BCUT2D eigenvalue weighted by Gasteiger charge is -2.34. The maximum atomic E-state index is 10.7. The van der Waals surface area contributed by atoms with Gasteiger partial charge in [-0.15, -0.1) is 0 Å². The Bertz CT molecular complexity index is 389. The number of oxazole rings is 1. The molecule has 0 saturated carbocycles. The number of carboxylic acids is 1. The van der Waals surface area contributed by atoms with E-state index in [0.717, 1.165) is 19.5 Å². The van der Waals surface area contributed by atoms with Crippen LogP contribution in [0.2, 0.25) is 0 Å². The molecule has 1 fully saturated rings. The van der Waals surface area contributed by atoms with Crippen molar-refractivity contribution in [3.63, 3.8) is 0 Å². The van der Waals surface area contributed by atoms with Crippen LogP contribution in [0.5, 0.6) is 0 Å². The first kappa shape index (κ1) is 12.1. The van der Waals surface area contributed by atoms with E-state index in [1.165, 1.54) is 19.0 Å². The van der Waals surface area contributed by atoms with Crippen molar-refractivity contribution < 1.29 is 14.3 Å². The van der Waals surface area contributed by atoms with Crippen LogP contribution in [0.1, 0.15) is 42.6 Å². The smallest absolute Gasteiger partial charge is 0.373 e. The third kappa shape index (κ3) is 2.85. The fourth-order valence-corrected chi connectivity index (χ4v) is 2.41. The van der Waals surface area contributed by atoms with Gasteiger partial charge in [0.2, 0.25) is 5.76 Å². The molecule has 1 saturated heterocycles. The Kier molecular flexibility index (Phi) is 3.78. The summed E-state index contributed by atoms with van der Waals surface area (Å²) in [6.45, 7) is 4.29. The van der Waals surface area contributed by atoms with Gasteiger partial charge in [0, 0.05) is 12.5 Å². The molecule has 1 aliphatic rings. The van der Waals surface area contributed by atoms with Gasteiger partial charge in [-0.05, 0) is 25.9 Å². The number of piperidine rings is 1. The standard InChI is InChI=1S/C12H18N2O3/c1-2-14-6-4-3-5-9(14)7-11-13-8-10(17-11)12(15)16/h8-9H,2-7H2,1H3,(H,15,16). The van der Waals surface area contributed by atoms with Gasteiger partial charge >= 0.3 is 5.97 Å². The first-order valence-corrected chi connectivity index (χ1v) is 6.12. The number of nitrogens with zero attached hydrogens (tertiary/aromatic N) is 2. The molecule has 0 amide bonds. The highest BCUT2D eigenvalue weighted by Gasteiger charge is 2.23. The largest absolute Gasteiger partial charge is 0.475 e. The molecule has 2 heterocycles. The predicted molar refractivity (Wildman–Crippen MR) is 62.1 cm³/mol. The van der Waals surface area contributed by atoms with Gasteiger partial charge in [0.25, 0.3) is 0 Å². The highest BCUT2D eigenvalue weighted by molar-refractivity contribution is 5.83. The third-order valence-corrected chi connectivity index (χ3v) is 3.33.